The minimum absolute atomic E-state index is 0.0446. The molecule has 3 rings (SSSR count). The maximum Gasteiger partial charge on any atom is 0.326 e. The molecule has 1 aromatic carbocycles. The number of esters is 1. The van der Waals surface area contributed by atoms with E-state index in [9.17, 15) is 19.5 Å². The van der Waals surface area contributed by atoms with Crippen molar-refractivity contribution in [3.63, 3.8) is 0 Å². The number of likely N-dealkylation sites (tertiary alicyclic amines) is 1. The predicted molar refractivity (Wildman–Crippen MR) is 110 cm³/mol. The lowest BCUT2D eigenvalue weighted by atomic mass is 10.0. The van der Waals surface area contributed by atoms with Crippen molar-refractivity contribution in [2.24, 2.45) is 0 Å². The molecule has 0 aromatic heterocycles. The Bertz CT molecular complexity index is 779. The summed E-state index contributed by atoms with van der Waals surface area (Å²) in [6, 6.07) is 7.19. The second kappa shape index (κ2) is 10.2. The number of carbonyl (C=O) groups is 3. The summed E-state index contributed by atoms with van der Waals surface area (Å²) < 4.78 is 16.4. The number of aryl methyl sites for hydroxylation is 1. The van der Waals surface area contributed by atoms with Gasteiger partial charge in [0.1, 0.15) is 12.1 Å². The molecule has 9 nitrogen and oxygen atoms in total. The van der Waals surface area contributed by atoms with Gasteiger partial charge in [0.05, 0.1) is 32.4 Å². The predicted octanol–water partition coefficient (Wildman–Crippen LogP) is 0.958. The number of rotatable bonds is 9. The van der Waals surface area contributed by atoms with Crippen LogP contribution >= 0.6 is 0 Å². The van der Waals surface area contributed by atoms with Crippen LogP contribution in [0.4, 0.5) is 0 Å². The van der Waals surface area contributed by atoms with Crippen LogP contribution in [0, 0.1) is 0 Å². The van der Waals surface area contributed by atoms with Crippen LogP contribution in [0.5, 0.6) is 0 Å². The van der Waals surface area contributed by atoms with Gasteiger partial charge in [-0.05, 0) is 32.3 Å². The molecule has 0 bridgehead atoms. The molecule has 2 aliphatic heterocycles. The van der Waals surface area contributed by atoms with Crippen molar-refractivity contribution in [3.05, 3.63) is 35.9 Å². The highest BCUT2D eigenvalue weighted by Gasteiger charge is 2.53. The maximum absolute atomic E-state index is 13.1. The van der Waals surface area contributed by atoms with Crippen molar-refractivity contribution < 1.29 is 33.7 Å². The number of carbonyl (C=O) groups excluding carboxylic acids is 2. The Kier molecular flexibility index (Phi) is 7.64. The quantitative estimate of drug-likeness (QED) is 0.553. The molecule has 2 N–H and O–H groups in total. The van der Waals surface area contributed by atoms with Crippen molar-refractivity contribution in [1.29, 1.82) is 0 Å². The highest BCUT2D eigenvalue weighted by molar-refractivity contribution is 5.88. The molecule has 1 unspecified atom stereocenters. The molecule has 0 radical (unpaired) electrons. The van der Waals surface area contributed by atoms with Crippen molar-refractivity contribution in [1.82, 2.24) is 10.2 Å². The lowest BCUT2D eigenvalue weighted by Crippen LogP contribution is -2.53. The van der Waals surface area contributed by atoms with Gasteiger partial charge in [-0.1, -0.05) is 30.3 Å². The molecule has 9 heteroatoms. The first kappa shape index (κ1) is 23.2. The highest BCUT2D eigenvalue weighted by Crippen LogP contribution is 2.35. The summed E-state index contributed by atoms with van der Waals surface area (Å²) in [7, 11) is 0. The molecule has 2 saturated heterocycles. The Hall–Kier alpha value is -2.49. The number of carboxylic acid groups (broad SMARTS) is 1. The second-order valence-corrected chi connectivity index (χ2v) is 7.85. The zero-order valence-corrected chi connectivity index (χ0v) is 17.9. The third-order valence-corrected chi connectivity index (χ3v) is 5.63. The molecule has 31 heavy (non-hydrogen) atoms. The molecule has 1 spiro atoms. The molecule has 2 aliphatic rings. The van der Waals surface area contributed by atoms with Crippen LogP contribution in [-0.2, 0) is 35.0 Å². The van der Waals surface area contributed by atoms with E-state index in [-0.39, 0.29) is 19.6 Å². The van der Waals surface area contributed by atoms with E-state index in [1.54, 1.807) is 13.8 Å². The van der Waals surface area contributed by atoms with Crippen molar-refractivity contribution in [3.8, 4) is 0 Å². The third-order valence-electron chi connectivity index (χ3n) is 5.63. The van der Waals surface area contributed by atoms with Crippen LogP contribution in [0.3, 0.4) is 0 Å². The van der Waals surface area contributed by atoms with Crippen LogP contribution in [0.15, 0.2) is 30.3 Å². The SMILES string of the molecule is CCOC(=O)C(CCc1ccccc1)N[C@@H](C)C(=O)N1CC2(C[C@H]1C(=O)O)OCCO2. The van der Waals surface area contributed by atoms with Gasteiger partial charge in [-0.3, -0.25) is 14.9 Å². The van der Waals surface area contributed by atoms with Gasteiger partial charge in [-0.2, -0.15) is 0 Å². The van der Waals surface area contributed by atoms with Gasteiger partial charge in [-0.15, -0.1) is 0 Å². The monoisotopic (exact) mass is 434 g/mol. The number of amides is 1. The van der Waals surface area contributed by atoms with Crippen LogP contribution in [0.2, 0.25) is 0 Å². The minimum Gasteiger partial charge on any atom is -0.480 e. The normalized spacial score (nSPS) is 21.7. The van der Waals surface area contributed by atoms with Gasteiger partial charge < -0.3 is 24.2 Å². The largest absolute Gasteiger partial charge is 0.480 e. The standard InChI is InChI=1S/C22H30N2O7/c1-3-29-21(28)17(10-9-16-7-5-4-6-8-16)23-15(2)19(25)24-14-22(30-11-12-31-22)13-18(24)20(26)27/h4-8,15,17-18,23H,3,9-14H2,1-2H3,(H,26,27)/t15-,17?,18-/m0/s1. The molecular formula is C22H30N2O7. The summed E-state index contributed by atoms with van der Waals surface area (Å²) >= 11 is 0. The summed E-state index contributed by atoms with van der Waals surface area (Å²) in [6.45, 7) is 4.36. The number of hydrogen-bond donors (Lipinski definition) is 2. The van der Waals surface area contributed by atoms with E-state index < -0.39 is 41.8 Å². The molecule has 0 aliphatic carbocycles. The lowest BCUT2D eigenvalue weighted by molar-refractivity contribution is -0.154. The number of ether oxygens (including phenoxy) is 3. The van der Waals surface area contributed by atoms with E-state index in [2.05, 4.69) is 5.32 Å². The van der Waals surface area contributed by atoms with Crippen LogP contribution < -0.4 is 5.32 Å². The fourth-order valence-corrected chi connectivity index (χ4v) is 4.09. The number of carboxylic acids is 1. The number of aliphatic carboxylic acids is 1. The number of nitrogens with one attached hydrogen (secondary N) is 1. The van der Waals surface area contributed by atoms with E-state index in [0.29, 0.717) is 26.1 Å². The fourth-order valence-electron chi connectivity index (χ4n) is 4.09. The first-order valence-corrected chi connectivity index (χ1v) is 10.6. The Balaban J connectivity index is 1.67. The summed E-state index contributed by atoms with van der Waals surface area (Å²) in [6.07, 6.45) is 1.15. The van der Waals surface area contributed by atoms with Crippen molar-refractivity contribution >= 4 is 17.8 Å². The van der Waals surface area contributed by atoms with Crippen molar-refractivity contribution in [2.75, 3.05) is 26.4 Å². The maximum atomic E-state index is 13.1. The van der Waals surface area contributed by atoms with Crippen LogP contribution in [-0.4, -0.2) is 78.1 Å². The zero-order chi connectivity index (χ0) is 22.4. The minimum atomic E-state index is -1.11. The Morgan fingerprint density at radius 1 is 1.26 bits per heavy atom. The molecule has 1 amide bonds. The van der Waals surface area contributed by atoms with Gasteiger partial charge in [-0.25, -0.2) is 4.79 Å². The molecular weight excluding hydrogens is 404 g/mol. The van der Waals surface area contributed by atoms with Gasteiger partial charge in [0, 0.05) is 6.42 Å². The van der Waals surface area contributed by atoms with E-state index in [1.807, 2.05) is 30.3 Å². The first-order valence-electron chi connectivity index (χ1n) is 10.6. The van der Waals surface area contributed by atoms with Gasteiger partial charge >= 0.3 is 11.9 Å². The van der Waals surface area contributed by atoms with Gasteiger partial charge in [0.2, 0.25) is 5.91 Å². The second-order valence-electron chi connectivity index (χ2n) is 7.85. The van der Waals surface area contributed by atoms with Gasteiger partial charge in [0.25, 0.3) is 0 Å². The molecule has 2 heterocycles. The summed E-state index contributed by atoms with van der Waals surface area (Å²) in [5.74, 6) is -3.03. The topological polar surface area (TPSA) is 114 Å². The molecule has 170 valence electrons. The molecule has 1 aromatic rings. The highest BCUT2D eigenvalue weighted by atomic mass is 16.7. The van der Waals surface area contributed by atoms with Crippen LogP contribution in [0.25, 0.3) is 0 Å². The lowest BCUT2D eigenvalue weighted by Gasteiger charge is -2.28. The Morgan fingerprint density at radius 2 is 1.94 bits per heavy atom. The summed E-state index contributed by atoms with van der Waals surface area (Å²) in [5.41, 5.74) is 1.07. The zero-order valence-electron chi connectivity index (χ0n) is 17.9. The number of nitrogens with zero attached hydrogens (tertiary/aromatic N) is 1. The van der Waals surface area contributed by atoms with Crippen molar-refractivity contribution in [2.45, 2.75) is 57.0 Å². The Morgan fingerprint density at radius 3 is 2.55 bits per heavy atom. The average molecular weight is 434 g/mol. The average Bonchev–Trinajstić information content (AvgIpc) is 3.38. The molecule has 3 atom stereocenters. The smallest absolute Gasteiger partial charge is 0.326 e. The summed E-state index contributed by atoms with van der Waals surface area (Å²) in [4.78, 5) is 38.6. The Labute approximate surface area is 181 Å². The molecule has 0 saturated carbocycles. The van der Waals surface area contributed by atoms with E-state index >= 15 is 0 Å². The van der Waals surface area contributed by atoms with E-state index in [0.717, 1.165) is 5.56 Å². The first-order chi connectivity index (χ1) is 14.8. The van der Waals surface area contributed by atoms with Gasteiger partial charge in [0.15, 0.2) is 5.79 Å². The van der Waals surface area contributed by atoms with E-state index in [1.165, 1.54) is 4.90 Å². The fraction of sp³-hybridized carbons (Fsp3) is 0.591. The molecule has 2 fully saturated rings. The number of benzene rings is 1. The van der Waals surface area contributed by atoms with E-state index in [4.69, 9.17) is 14.2 Å². The number of hydrogen-bond acceptors (Lipinski definition) is 7. The summed E-state index contributed by atoms with van der Waals surface area (Å²) in [5, 5.41) is 12.7. The third kappa shape index (κ3) is 5.61. The van der Waals surface area contributed by atoms with Crippen LogP contribution in [0.1, 0.15) is 32.3 Å².